The Morgan fingerprint density at radius 2 is 1.82 bits per heavy atom. The summed E-state index contributed by atoms with van der Waals surface area (Å²) >= 11 is 0. The van der Waals surface area contributed by atoms with Crippen molar-refractivity contribution in [2.75, 3.05) is 13.1 Å². The van der Waals surface area contributed by atoms with Gasteiger partial charge in [0.25, 0.3) is 0 Å². The van der Waals surface area contributed by atoms with E-state index in [9.17, 15) is 4.79 Å². The van der Waals surface area contributed by atoms with E-state index in [1.807, 2.05) is 18.2 Å². The van der Waals surface area contributed by atoms with Gasteiger partial charge in [0.15, 0.2) is 0 Å². The number of nitrogens with zero attached hydrogens (tertiary/aromatic N) is 1. The first-order valence-corrected chi connectivity index (χ1v) is 7.79. The van der Waals surface area contributed by atoms with E-state index in [0.29, 0.717) is 0 Å². The number of hydrogen-bond donors (Lipinski definition) is 0. The number of benzene rings is 1. The summed E-state index contributed by atoms with van der Waals surface area (Å²) in [5.74, 6) is -0.346. The molecule has 3 nitrogen and oxygen atoms in total. The molecule has 0 amide bonds. The third kappa shape index (κ3) is 5.60. The van der Waals surface area contributed by atoms with Gasteiger partial charge in [-0.25, -0.2) is 4.79 Å². The van der Waals surface area contributed by atoms with Gasteiger partial charge in [0.2, 0.25) is 0 Å². The Bertz CT molecular complexity index is 432. The zero-order chi connectivity index (χ0) is 15.7. The lowest BCUT2D eigenvalue weighted by Gasteiger charge is -2.35. The summed E-state index contributed by atoms with van der Waals surface area (Å²) in [6.07, 6.45) is 2.91. The fourth-order valence-corrected chi connectivity index (χ4v) is 2.69. The SMILES string of the molecule is C=CC(=O)OC(CCC)C(c1ccccc1)N(CC)CC.F. The van der Waals surface area contributed by atoms with Gasteiger partial charge >= 0.3 is 5.97 Å². The number of halogens is 1. The highest BCUT2D eigenvalue weighted by atomic mass is 19.0. The van der Waals surface area contributed by atoms with E-state index in [1.54, 1.807) is 0 Å². The monoisotopic (exact) mass is 309 g/mol. The van der Waals surface area contributed by atoms with E-state index in [2.05, 4.69) is 44.4 Å². The fourth-order valence-electron chi connectivity index (χ4n) is 2.69. The van der Waals surface area contributed by atoms with Crippen LogP contribution in [0.4, 0.5) is 4.70 Å². The molecule has 0 aliphatic heterocycles. The van der Waals surface area contributed by atoms with Gasteiger partial charge in [-0.2, -0.15) is 0 Å². The molecule has 0 fully saturated rings. The summed E-state index contributed by atoms with van der Waals surface area (Å²) in [6, 6.07) is 10.4. The second-order valence-corrected chi connectivity index (χ2v) is 5.04. The largest absolute Gasteiger partial charge is 0.457 e. The molecule has 0 aliphatic carbocycles. The van der Waals surface area contributed by atoms with Gasteiger partial charge in [0, 0.05) is 6.08 Å². The molecule has 0 saturated heterocycles. The molecule has 1 aromatic carbocycles. The molecular weight excluding hydrogens is 281 g/mol. The van der Waals surface area contributed by atoms with Gasteiger partial charge in [-0.05, 0) is 25.1 Å². The molecule has 22 heavy (non-hydrogen) atoms. The summed E-state index contributed by atoms with van der Waals surface area (Å²) in [5, 5.41) is 0. The van der Waals surface area contributed by atoms with Crippen LogP contribution < -0.4 is 0 Å². The van der Waals surface area contributed by atoms with Crippen LogP contribution in [0.2, 0.25) is 0 Å². The zero-order valence-electron chi connectivity index (χ0n) is 13.8. The van der Waals surface area contributed by atoms with Gasteiger partial charge in [0.1, 0.15) is 6.10 Å². The molecule has 0 aromatic heterocycles. The molecule has 0 radical (unpaired) electrons. The van der Waals surface area contributed by atoms with Crippen molar-refractivity contribution < 1.29 is 14.2 Å². The van der Waals surface area contributed by atoms with Crippen LogP contribution in [0.5, 0.6) is 0 Å². The van der Waals surface area contributed by atoms with Crippen LogP contribution in [0.1, 0.15) is 45.2 Å². The lowest BCUT2D eigenvalue weighted by Crippen LogP contribution is -2.38. The van der Waals surface area contributed by atoms with Gasteiger partial charge in [0.05, 0.1) is 6.04 Å². The van der Waals surface area contributed by atoms with E-state index < -0.39 is 0 Å². The minimum Gasteiger partial charge on any atom is -0.457 e. The van der Waals surface area contributed by atoms with Crippen molar-refractivity contribution in [2.24, 2.45) is 0 Å². The van der Waals surface area contributed by atoms with Crippen LogP contribution in [0.3, 0.4) is 0 Å². The highest BCUT2D eigenvalue weighted by Gasteiger charge is 2.29. The Hall–Kier alpha value is -1.68. The fraction of sp³-hybridized carbons (Fsp3) is 0.500. The molecule has 1 aromatic rings. The highest BCUT2D eigenvalue weighted by Crippen LogP contribution is 2.29. The zero-order valence-corrected chi connectivity index (χ0v) is 13.8. The van der Waals surface area contributed by atoms with Crippen molar-refractivity contribution in [1.82, 2.24) is 4.90 Å². The van der Waals surface area contributed by atoms with Crippen molar-refractivity contribution in [2.45, 2.75) is 45.8 Å². The van der Waals surface area contributed by atoms with E-state index in [1.165, 1.54) is 11.6 Å². The molecule has 0 aliphatic rings. The van der Waals surface area contributed by atoms with E-state index in [0.717, 1.165) is 25.9 Å². The Morgan fingerprint density at radius 3 is 2.27 bits per heavy atom. The molecule has 0 bridgehead atoms. The lowest BCUT2D eigenvalue weighted by atomic mass is 9.96. The standard InChI is InChI=1S/C18H27NO2.FH/c1-5-12-16(21-17(20)6-2)18(19(7-3)8-4)15-13-10-9-11-14-15;/h6,9-11,13-14,16,18H,2,5,7-8,12H2,1,3-4H3;1H. The number of carbonyl (C=O) groups is 1. The quantitative estimate of drug-likeness (QED) is 0.507. The van der Waals surface area contributed by atoms with Gasteiger partial charge in [-0.15, -0.1) is 0 Å². The van der Waals surface area contributed by atoms with Crippen LogP contribution >= 0.6 is 0 Å². The van der Waals surface area contributed by atoms with Crippen LogP contribution in [-0.2, 0) is 9.53 Å². The number of carbonyl (C=O) groups excluding carboxylic acids is 1. The van der Waals surface area contributed by atoms with Gasteiger partial charge in [-0.1, -0.05) is 64.1 Å². The molecular formula is C18H28FNO2. The first-order valence-electron chi connectivity index (χ1n) is 7.79. The maximum absolute atomic E-state index is 11.7. The van der Waals surface area contributed by atoms with Crippen molar-refractivity contribution in [3.8, 4) is 0 Å². The van der Waals surface area contributed by atoms with Gasteiger partial charge < -0.3 is 4.74 Å². The first kappa shape index (κ1) is 20.3. The maximum atomic E-state index is 11.7. The van der Waals surface area contributed by atoms with Crippen molar-refractivity contribution in [3.63, 3.8) is 0 Å². The third-order valence-electron chi connectivity index (χ3n) is 3.71. The maximum Gasteiger partial charge on any atom is 0.330 e. The predicted molar refractivity (Wildman–Crippen MR) is 89.6 cm³/mol. The Balaban J connectivity index is 0.00000441. The van der Waals surface area contributed by atoms with Crippen molar-refractivity contribution in [3.05, 3.63) is 48.6 Å². The summed E-state index contributed by atoms with van der Waals surface area (Å²) in [6.45, 7) is 11.7. The number of rotatable bonds is 9. The van der Waals surface area contributed by atoms with E-state index in [4.69, 9.17) is 4.74 Å². The Kier molecular flexibility index (Phi) is 10.1. The van der Waals surface area contributed by atoms with Crippen molar-refractivity contribution in [1.29, 1.82) is 0 Å². The normalized spacial score (nSPS) is 13.1. The molecule has 0 heterocycles. The topological polar surface area (TPSA) is 29.5 Å². The molecule has 124 valence electrons. The van der Waals surface area contributed by atoms with Gasteiger partial charge in [-0.3, -0.25) is 9.60 Å². The molecule has 2 unspecified atom stereocenters. The minimum atomic E-state index is -0.346. The summed E-state index contributed by atoms with van der Waals surface area (Å²) in [7, 11) is 0. The number of esters is 1. The lowest BCUT2D eigenvalue weighted by molar-refractivity contribution is -0.147. The Morgan fingerprint density at radius 1 is 1.23 bits per heavy atom. The summed E-state index contributed by atoms with van der Waals surface area (Å²) < 4.78 is 5.64. The minimum absolute atomic E-state index is 0. The number of hydrogen-bond acceptors (Lipinski definition) is 3. The molecule has 4 heteroatoms. The summed E-state index contributed by atoms with van der Waals surface area (Å²) in [4.78, 5) is 14.0. The van der Waals surface area contributed by atoms with Crippen LogP contribution in [0, 0.1) is 0 Å². The van der Waals surface area contributed by atoms with E-state index >= 15 is 0 Å². The number of likely N-dealkylation sites (N-methyl/N-ethyl adjacent to an activating group) is 1. The van der Waals surface area contributed by atoms with Crippen LogP contribution in [0.25, 0.3) is 0 Å². The van der Waals surface area contributed by atoms with Crippen molar-refractivity contribution >= 4 is 5.97 Å². The smallest absolute Gasteiger partial charge is 0.330 e. The average Bonchev–Trinajstić information content (AvgIpc) is 2.52. The van der Waals surface area contributed by atoms with Crippen LogP contribution in [-0.4, -0.2) is 30.1 Å². The molecule has 0 spiro atoms. The molecule has 0 N–H and O–H groups in total. The first-order chi connectivity index (χ1) is 10.2. The average molecular weight is 309 g/mol. The van der Waals surface area contributed by atoms with E-state index in [-0.39, 0.29) is 22.8 Å². The summed E-state index contributed by atoms with van der Waals surface area (Å²) in [5.41, 5.74) is 1.19. The molecule has 1 rings (SSSR count). The highest BCUT2D eigenvalue weighted by molar-refractivity contribution is 5.81. The number of ether oxygens (including phenoxy) is 1. The van der Waals surface area contributed by atoms with Crippen LogP contribution in [0.15, 0.2) is 43.0 Å². The second kappa shape index (κ2) is 11.0. The third-order valence-corrected chi connectivity index (χ3v) is 3.71. The second-order valence-electron chi connectivity index (χ2n) is 5.04. The molecule has 0 saturated carbocycles. The molecule has 2 atom stereocenters. The Labute approximate surface area is 133 Å². The predicted octanol–water partition coefficient (Wildman–Crippen LogP) is 4.12.